The number of rotatable bonds is 9. The zero-order valence-electron chi connectivity index (χ0n) is 18.4. The first kappa shape index (κ1) is 24.1. The van der Waals surface area contributed by atoms with Gasteiger partial charge < -0.3 is 10.2 Å². The molecule has 0 aliphatic carbocycles. The Balaban J connectivity index is 1.84. The summed E-state index contributed by atoms with van der Waals surface area (Å²) in [6.45, 7) is 4.59. The van der Waals surface area contributed by atoms with Crippen LogP contribution in [0.3, 0.4) is 0 Å². The van der Waals surface area contributed by atoms with Crippen LogP contribution in [0.25, 0.3) is 10.8 Å². The summed E-state index contributed by atoms with van der Waals surface area (Å²) >= 11 is 12.2. The van der Waals surface area contributed by atoms with Gasteiger partial charge in [0.2, 0.25) is 11.8 Å². The van der Waals surface area contributed by atoms with E-state index in [2.05, 4.69) is 29.6 Å². The molecule has 0 heterocycles. The van der Waals surface area contributed by atoms with Gasteiger partial charge in [-0.1, -0.05) is 78.7 Å². The van der Waals surface area contributed by atoms with Crippen molar-refractivity contribution < 1.29 is 9.59 Å². The minimum absolute atomic E-state index is 0.0675. The molecule has 0 fully saturated rings. The molecule has 0 saturated carbocycles. The van der Waals surface area contributed by atoms with Crippen LogP contribution < -0.4 is 5.32 Å². The summed E-state index contributed by atoms with van der Waals surface area (Å²) in [5, 5.41) is 6.04. The standard InChI is InChI=1S/C26H28Cl2N2O2/c1-3-24(26(32)29-4-2)30(17-18-12-14-22(27)23(28)16-18)25(31)15-13-20-10-7-9-19-8-5-6-11-21(19)20/h5-12,14,16,24H,3-4,13,15,17H2,1-2H3,(H,29,32)/t24-/m0/s1. The van der Waals surface area contributed by atoms with Crippen LogP contribution in [0.1, 0.15) is 37.8 Å². The van der Waals surface area contributed by atoms with Crippen LogP contribution in [0.4, 0.5) is 0 Å². The van der Waals surface area contributed by atoms with Crippen molar-refractivity contribution in [3.05, 3.63) is 81.8 Å². The smallest absolute Gasteiger partial charge is 0.242 e. The van der Waals surface area contributed by atoms with Gasteiger partial charge in [-0.15, -0.1) is 0 Å². The lowest BCUT2D eigenvalue weighted by Crippen LogP contribution is -2.49. The Bertz CT molecular complexity index is 1090. The average molecular weight is 471 g/mol. The van der Waals surface area contributed by atoms with Crippen LogP contribution in [-0.2, 0) is 22.6 Å². The zero-order chi connectivity index (χ0) is 23.1. The monoisotopic (exact) mass is 470 g/mol. The summed E-state index contributed by atoms with van der Waals surface area (Å²) in [5.74, 6) is -0.212. The van der Waals surface area contributed by atoms with E-state index in [0.29, 0.717) is 42.4 Å². The first-order valence-electron chi connectivity index (χ1n) is 10.9. The van der Waals surface area contributed by atoms with E-state index < -0.39 is 6.04 Å². The Morgan fingerprint density at radius 3 is 2.44 bits per heavy atom. The zero-order valence-corrected chi connectivity index (χ0v) is 19.9. The molecular weight excluding hydrogens is 443 g/mol. The largest absolute Gasteiger partial charge is 0.355 e. The second kappa shape index (κ2) is 11.3. The number of hydrogen-bond donors (Lipinski definition) is 1. The number of likely N-dealkylation sites (N-methyl/N-ethyl adjacent to an activating group) is 1. The Hall–Kier alpha value is -2.56. The molecule has 0 aromatic heterocycles. The van der Waals surface area contributed by atoms with Crippen molar-refractivity contribution >= 4 is 45.8 Å². The van der Waals surface area contributed by atoms with Crippen LogP contribution in [-0.4, -0.2) is 29.3 Å². The van der Waals surface area contributed by atoms with Crippen molar-refractivity contribution in [3.8, 4) is 0 Å². The van der Waals surface area contributed by atoms with Crippen molar-refractivity contribution in [2.45, 2.75) is 45.7 Å². The van der Waals surface area contributed by atoms with Crippen molar-refractivity contribution in [1.82, 2.24) is 10.2 Å². The summed E-state index contributed by atoms with van der Waals surface area (Å²) < 4.78 is 0. The molecule has 32 heavy (non-hydrogen) atoms. The number of aryl methyl sites for hydroxylation is 1. The Morgan fingerprint density at radius 2 is 1.72 bits per heavy atom. The van der Waals surface area contributed by atoms with E-state index in [1.807, 2.05) is 38.1 Å². The number of hydrogen-bond acceptors (Lipinski definition) is 2. The number of carbonyl (C=O) groups excluding carboxylic acids is 2. The van der Waals surface area contributed by atoms with Gasteiger partial charge in [-0.25, -0.2) is 0 Å². The molecule has 0 unspecified atom stereocenters. The van der Waals surface area contributed by atoms with Gasteiger partial charge in [0.15, 0.2) is 0 Å². The molecular formula is C26H28Cl2N2O2. The summed E-state index contributed by atoms with van der Waals surface area (Å²) in [6, 6.07) is 19.0. The first-order valence-corrected chi connectivity index (χ1v) is 11.7. The molecule has 4 nitrogen and oxygen atoms in total. The number of fused-ring (bicyclic) bond motifs is 1. The second-order valence-electron chi connectivity index (χ2n) is 7.73. The highest BCUT2D eigenvalue weighted by Gasteiger charge is 2.28. The van der Waals surface area contributed by atoms with Crippen LogP contribution in [0.2, 0.25) is 10.0 Å². The molecule has 0 radical (unpaired) electrons. The summed E-state index contributed by atoms with van der Waals surface area (Å²) in [4.78, 5) is 27.8. The van der Waals surface area contributed by atoms with Gasteiger partial charge in [0, 0.05) is 19.5 Å². The molecule has 6 heteroatoms. The van der Waals surface area contributed by atoms with E-state index in [0.717, 1.165) is 21.9 Å². The quantitative estimate of drug-likeness (QED) is 0.415. The predicted molar refractivity (Wildman–Crippen MR) is 132 cm³/mol. The van der Waals surface area contributed by atoms with Crippen LogP contribution >= 0.6 is 23.2 Å². The molecule has 0 saturated heterocycles. The third-order valence-electron chi connectivity index (χ3n) is 5.56. The summed E-state index contributed by atoms with van der Waals surface area (Å²) in [6.07, 6.45) is 1.43. The molecule has 3 aromatic carbocycles. The first-order chi connectivity index (χ1) is 15.4. The van der Waals surface area contributed by atoms with Gasteiger partial charge >= 0.3 is 0 Å². The Labute approximate surface area is 199 Å². The lowest BCUT2D eigenvalue weighted by Gasteiger charge is -2.31. The van der Waals surface area contributed by atoms with E-state index in [1.165, 1.54) is 0 Å². The predicted octanol–water partition coefficient (Wildman–Crippen LogP) is 6.02. The van der Waals surface area contributed by atoms with Crippen molar-refractivity contribution in [3.63, 3.8) is 0 Å². The van der Waals surface area contributed by atoms with Crippen LogP contribution in [0.5, 0.6) is 0 Å². The third-order valence-corrected chi connectivity index (χ3v) is 6.30. The fourth-order valence-electron chi connectivity index (χ4n) is 3.94. The van der Waals surface area contributed by atoms with Crippen LogP contribution in [0.15, 0.2) is 60.7 Å². The van der Waals surface area contributed by atoms with E-state index >= 15 is 0 Å². The fourth-order valence-corrected chi connectivity index (χ4v) is 4.26. The molecule has 3 aromatic rings. The average Bonchev–Trinajstić information content (AvgIpc) is 2.79. The van der Waals surface area contributed by atoms with E-state index in [-0.39, 0.29) is 11.8 Å². The molecule has 0 spiro atoms. The number of carbonyl (C=O) groups is 2. The second-order valence-corrected chi connectivity index (χ2v) is 8.54. The maximum Gasteiger partial charge on any atom is 0.242 e. The maximum atomic E-state index is 13.4. The number of benzene rings is 3. The number of nitrogens with zero attached hydrogens (tertiary/aromatic N) is 1. The van der Waals surface area contributed by atoms with Gasteiger partial charge in [0.05, 0.1) is 10.0 Å². The molecule has 1 N–H and O–H groups in total. The molecule has 2 amide bonds. The Morgan fingerprint density at radius 1 is 0.969 bits per heavy atom. The third kappa shape index (κ3) is 5.81. The van der Waals surface area contributed by atoms with Gasteiger partial charge in [0.25, 0.3) is 0 Å². The highest BCUT2D eigenvalue weighted by Crippen LogP contribution is 2.25. The highest BCUT2D eigenvalue weighted by molar-refractivity contribution is 6.42. The molecule has 3 rings (SSSR count). The molecule has 0 aliphatic heterocycles. The van der Waals surface area contributed by atoms with E-state index in [4.69, 9.17) is 23.2 Å². The fraction of sp³-hybridized carbons (Fsp3) is 0.308. The lowest BCUT2D eigenvalue weighted by atomic mass is 10.00. The Kier molecular flexibility index (Phi) is 8.54. The summed E-state index contributed by atoms with van der Waals surface area (Å²) in [5.41, 5.74) is 1.96. The van der Waals surface area contributed by atoms with Gasteiger partial charge in [0.1, 0.15) is 6.04 Å². The van der Waals surface area contributed by atoms with Crippen molar-refractivity contribution in [2.24, 2.45) is 0 Å². The number of halogens is 2. The molecule has 168 valence electrons. The molecule has 0 bridgehead atoms. The van der Waals surface area contributed by atoms with Gasteiger partial charge in [-0.05, 0) is 53.8 Å². The van der Waals surface area contributed by atoms with E-state index in [9.17, 15) is 9.59 Å². The maximum absolute atomic E-state index is 13.4. The minimum atomic E-state index is -0.551. The van der Waals surface area contributed by atoms with Crippen molar-refractivity contribution in [2.75, 3.05) is 6.54 Å². The normalized spacial score (nSPS) is 11.9. The minimum Gasteiger partial charge on any atom is -0.355 e. The van der Waals surface area contributed by atoms with Gasteiger partial charge in [-0.2, -0.15) is 0 Å². The highest BCUT2D eigenvalue weighted by atomic mass is 35.5. The van der Waals surface area contributed by atoms with Crippen LogP contribution in [0, 0.1) is 0 Å². The topological polar surface area (TPSA) is 49.4 Å². The lowest BCUT2D eigenvalue weighted by molar-refractivity contribution is -0.141. The number of amides is 2. The van der Waals surface area contributed by atoms with Crippen molar-refractivity contribution in [1.29, 1.82) is 0 Å². The molecule has 0 aliphatic rings. The number of nitrogens with one attached hydrogen (secondary N) is 1. The van der Waals surface area contributed by atoms with E-state index in [1.54, 1.807) is 17.0 Å². The summed E-state index contributed by atoms with van der Waals surface area (Å²) in [7, 11) is 0. The SMILES string of the molecule is CCNC(=O)[C@H](CC)N(Cc1ccc(Cl)c(Cl)c1)C(=O)CCc1cccc2ccccc12. The molecule has 1 atom stereocenters. The van der Waals surface area contributed by atoms with Gasteiger partial charge in [-0.3, -0.25) is 9.59 Å².